The van der Waals surface area contributed by atoms with Gasteiger partial charge in [-0.05, 0) is 6.42 Å². The fourth-order valence-electron chi connectivity index (χ4n) is 0.797. The fourth-order valence-corrected chi connectivity index (χ4v) is 0.797. The summed E-state index contributed by atoms with van der Waals surface area (Å²) in [5.41, 5.74) is 0. The molecule has 0 amide bonds. The van der Waals surface area contributed by atoms with Gasteiger partial charge in [0.1, 0.15) is 6.67 Å². The first-order chi connectivity index (χ1) is 4.74. The van der Waals surface area contributed by atoms with Gasteiger partial charge in [-0.2, -0.15) is 0 Å². The molecule has 0 aromatic carbocycles. The Morgan fingerprint density at radius 2 is 2.30 bits per heavy atom. The first-order valence-corrected chi connectivity index (χ1v) is 3.04. The van der Waals surface area contributed by atoms with E-state index in [9.17, 15) is 14.0 Å². The van der Waals surface area contributed by atoms with E-state index in [-0.39, 0.29) is 12.8 Å². The quantitative estimate of drug-likeness (QED) is 0.398. The molecule has 0 saturated carbocycles. The van der Waals surface area contributed by atoms with Crippen LogP contribution in [0, 0.1) is 5.92 Å². The summed E-state index contributed by atoms with van der Waals surface area (Å²) in [4.78, 5) is 20.9. The minimum absolute atomic E-state index is 0.153. The molecule has 1 saturated heterocycles. The Hall–Kier alpha value is -0.930. The normalized spacial score (nSPS) is 26.3. The smallest absolute Gasteiger partial charge is 0.319 e. The monoisotopic (exact) mass is 146 g/mol. The molecule has 3 nitrogen and oxygen atoms in total. The molecule has 0 bridgehead atoms. The lowest BCUT2D eigenvalue weighted by atomic mass is 10.0. The highest BCUT2D eigenvalue weighted by Gasteiger charge is 2.28. The summed E-state index contributed by atoms with van der Waals surface area (Å²) in [7, 11) is 0. The Morgan fingerprint density at radius 1 is 1.60 bits per heavy atom. The molecule has 0 aliphatic carbocycles. The number of esters is 2. The zero-order valence-electron chi connectivity index (χ0n) is 5.30. The summed E-state index contributed by atoms with van der Waals surface area (Å²) < 4.78 is 16.0. The van der Waals surface area contributed by atoms with Gasteiger partial charge in [0.2, 0.25) is 0 Å². The lowest BCUT2D eigenvalue weighted by molar-refractivity contribution is -0.167. The first kappa shape index (κ1) is 7.18. The minimum Gasteiger partial charge on any atom is -0.393 e. The molecule has 0 aromatic heterocycles. The van der Waals surface area contributed by atoms with Gasteiger partial charge in [0.05, 0.1) is 5.92 Å². The topological polar surface area (TPSA) is 43.4 Å². The number of hydrogen-bond donors (Lipinski definition) is 0. The van der Waals surface area contributed by atoms with Crippen molar-refractivity contribution in [1.82, 2.24) is 0 Å². The molecule has 1 fully saturated rings. The molecule has 56 valence electrons. The second kappa shape index (κ2) is 2.77. The van der Waals surface area contributed by atoms with Gasteiger partial charge >= 0.3 is 11.9 Å². The van der Waals surface area contributed by atoms with Gasteiger partial charge in [-0.25, -0.2) is 0 Å². The van der Waals surface area contributed by atoms with E-state index >= 15 is 0 Å². The summed E-state index contributed by atoms with van der Waals surface area (Å²) in [5, 5.41) is 0. The molecule has 1 rings (SSSR count). The van der Waals surface area contributed by atoms with Crippen molar-refractivity contribution in [3.63, 3.8) is 0 Å². The zero-order chi connectivity index (χ0) is 7.56. The molecule has 1 aliphatic heterocycles. The number of cyclic esters (lactones) is 2. The van der Waals surface area contributed by atoms with E-state index < -0.39 is 24.5 Å². The van der Waals surface area contributed by atoms with E-state index in [0.29, 0.717) is 0 Å². The van der Waals surface area contributed by atoms with Crippen LogP contribution >= 0.6 is 0 Å². The predicted octanol–water partition coefficient (Wildman–Crippen LogP) is 0.436. The molecule has 0 spiro atoms. The largest absolute Gasteiger partial charge is 0.393 e. The molecule has 1 atom stereocenters. The van der Waals surface area contributed by atoms with Gasteiger partial charge in [-0.3, -0.25) is 14.0 Å². The van der Waals surface area contributed by atoms with E-state index in [1.54, 1.807) is 0 Å². The highest BCUT2D eigenvalue weighted by Crippen LogP contribution is 2.15. The van der Waals surface area contributed by atoms with E-state index in [0.717, 1.165) is 0 Å². The number of hydrogen-bond acceptors (Lipinski definition) is 3. The van der Waals surface area contributed by atoms with Crippen LogP contribution in [0.25, 0.3) is 0 Å². The average molecular weight is 146 g/mol. The molecule has 4 heteroatoms. The summed E-state index contributed by atoms with van der Waals surface area (Å²) >= 11 is 0. The van der Waals surface area contributed by atoms with Crippen molar-refractivity contribution in [2.24, 2.45) is 5.92 Å². The van der Waals surface area contributed by atoms with Crippen molar-refractivity contribution in [2.75, 3.05) is 6.67 Å². The highest BCUT2D eigenvalue weighted by atomic mass is 19.1. The van der Waals surface area contributed by atoms with Gasteiger partial charge in [0, 0.05) is 6.42 Å². The van der Waals surface area contributed by atoms with Crippen molar-refractivity contribution < 1.29 is 18.7 Å². The minimum atomic E-state index is -0.730. The van der Waals surface area contributed by atoms with Gasteiger partial charge in [0.25, 0.3) is 0 Å². The maximum atomic E-state index is 11.8. The molecule has 1 unspecified atom stereocenters. The van der Waals surface area contributed by atoms with Crippen LogP contribution in [0.1, 0.15) is 12.8 Å². The Kier molecular flexibility index (Phi) is 1.99. The fraction of sp³-hybridized carbons (Fsp3) is 0.667. The number of rotatable bonds is 1. The van der Waals surface area contributed by atoms with E-state index in [2.05, 4.69) is 4.74 Å². The Labute approximate surface area is 57.2 Å². The van der Waals surface area contributed by atoms with Crippen LogP contribution in [0.5, 0.6) is 0 Å². The van der Waals surface area contributed by atoms with Gasteiger partial charge < -0.3 is 4.74 Å². The van der Waals surface area contributed by atoms with Gasteiger partial charge in [0.15, 0.2) is 0 Å². The third kappa shape index (κ3) is 1.32. The van der Waals surface area contributed by atoms with Crippen LogP contribution in [-0.4, -0.2) is 18.6 Å². The van der Waals surface area contributed by atoms with E-state index in [4.69, 9.17) is 0 Å². The zero-order valence-corrected chi connectivity index (χ0v) is 5.30. The van der Waals surface area contributed by atoms with Gasteiger partial charge in [-0.1, -0.05) is 0 Å². The van der Waals surface area contributed by atoms with Crippen LogP contribution in [0.15, 0.2) is 0 Å². The van der Waals surface area contributed by atoms with Gasteiger partial charge in [-0.15, -0.1) is 0 Å². The molecular weight excluding hydrogens is 139 g/mol. The molecule has 10 heavy (non-hydrogen) atoms. The van der Waals surface area contributed by atoms with Crippen LogP contribution in [0.3, 0.4) is 0 Å². The lowest BCUT2D eigenvalue weighted by Crippen LogP contribution is -2.28. The third-order valence-electron chi connectivity index (χ3n) is 1.43. The summed E-state index contributed by atoms with van der Waals surface area (Å²) in [6.45, 7) is -0.730. The number of halogens is 1. The predicted molar refractivity (Wildman–Crippen MR) is 29.8 cm³/mol. The lowest BCUT2D eigenvalue weighted by Gasteiger charge is -2.15. The standard InChI is InChI=1S/C6H7FO3/c7-3-4-1-2-5(8)10-6(4)9/h4H,1-3H2. The summed E-state index contributed by atoms with van der Waals surface area (Å²) in [6.07, 6.45) is 0.439. The van der Waals surface area contributed by atoms with Crippen LogP contribution in [-0.2, 0) is 14.3 Å². The second-order valence-corrected chi connectivity index (χ2v) is 2.18. The first-order valence-electron chi connectivity index (χ1n) is 3.04. The maximum Gasteiger partial charge on any atom is 0.319 e. The Bertz CT molecular complexity index is 166. The van der Waals surface area contributed by atoms with Crippen molar-refractivity contribution in [2.45, 2.75) is 12.8 Å². The van der Waals surface area contributed by atoms with Crippen molar-refractivity contribution in [1.29, 1.82) is 0 Å². The van der Waals surface area contributed by atoms with Crippen LogP contribution < -0.4 is 0 Å². The number of carbonyl (C=O) groups is 2. The summed E-state index contributed by atoms with van der Waals surface area (Å²) in [6, 6.07) is 0. The molecule has 1 heterocycles. The molecule has 0 N–H and O–H groups in total. The highest BCUT2D eigenvalue weighted by molar-refractivity contribution is 5.89. The van der Waals surface area contributed by atoms with Crippen LogP contribution in [0.4, 0.5) is 4.39 Å². The van der Waals surface area contributed by atoms with Crippen molar-refractivity contribution >= 4 is 11.9 Å². The maximum absolute atomic E-state index is 11.8. The number of carbonyl (C=O) groups excluding carboxylic acids is 2. The average Bonchev–Trinajstić information content (AvgIpc) is 1.88. The molecular formula is C6H7FO3. The third-order valence-corrected chi connectivity index (χ3v) is 1.43. The van der Waals surface area contributed by atoms with Crippen LogP contribution in [0.2, 0.25) is 0 Å². The van der Waals surface area contributed by atoms with Crippen molar-refractivity contribution in [3.8, 4) is 0 Å². The molecule has 0 radical (unpaired) electrons. The number of alkyl halides is 1. The number of ether oxygens (including phenoxy) is 1. The van der Waals surface area contributed by atoms with E-state index in [1.807, 2.05) is 0 Å². The molecule has 1 aliphatic rings. The van der Waals surface area contributed by atoms with Crippen molar-refractivity contribution in [3.05, 3.63) is 0 Å². The Balaban J connectivity index is 2.51. The second-order valence-electron chi connectivity index (χ2n) is 2.18. The van der Waals surface area contributed by atoms with E-state index in [1.165, 1.54) is 0 Å². The molecule has 0 aromatic rings. The Morgan fingerprint density at radius 3 is 2.80 bits per heavy atom. The SMILES string of the molecule is O=C1CCC(CF)C(=O)O1. The summed E-state index contributed by atoms with van der Waals surface area (Å²) in [5.74, 6) is -1.98.